The van der Waals surface area contributed by atoms with E-state index in [-0.39, 0.29) is 29.3 Å². The van der Waals surface area contributed by atoms with Gasteiger partial charge in [-0.3, -0.25) is 14.5 Å². The molecule has 3 saturated heterocycles. The van der Waals surface area contributed by atoms with Crippen molar-refractivity contribution >= 4 is 34.4 Å². The molecular formula is C43H59N9O2. The maximum absolute atomic E-state index is 15.2. The fourth-order valence-corrected chi connectivity index (χ4v) is 11.1. The molecule has 2 aromatic heterocycles. The van der Waals surface area contributed by atoms with Crippen LogP contribution in [0.1, 0.15) is 104 Å². The van der Waals surface area contributed by atoms with Crippen LogP contribution in [0.5, 0.6) is 0 Å². The second kappa shape index (κ2) is 12.7. The highest BCUT2D eigenvalue weighted by Crippen LogP contribution is 2.67. The number of carbonyl (C=O) groups excluding carboxylic acids is 2. The Kier molecular flexibility index (Phi) is 8.24. The first-order chi connectivity index (χ1) is 26.1. The Balaban J connectivity index is 0.976. The van der Waals surface area contributed by atoms with Gasteiger partial charge in [0, 0.05) is 74.7 Å². The summed E-state index contributed by atoms with van der Waals surface area (Å²) < 4.78 is 2.22. The van der Waals surface area contributed by atoms with Crippen molar-refractivity contribution in [3.8, 4) is 11.3 Å². The van der Waals surface area contributed by atoms with E-state index in [4.69, 9.17) is 9.97 Å². The maximum atomic E-state index is 15.2. The summed E-state index contributed by atoms with van der Waals surface area (Å²) in [6.07, 6.45) is 13.1. The Labute approximate surface area is 320 Å². The van der Waals surface area contributed by atoms with Gasteiger partial charge in [0.05, 0.1) is 28.5 Å². The highest BCUT2D eigenvalue weighted by molar-refractivity contribution is 6.10. The van der Waals surface area contributed by atoms with Crippen LogP contribution in [-0.4, -0.2) is 117 Å². The van der Waals surface area contributed by atoms with E-state index in [0.717, 1.165) is 72.0 Å². The molecule has 11 heteroatoms. The normalized spacial score (nSPS) is 28.6. The second-order valence-corrected chi connectivity index (χ2v) is 18.7. The predicted octanol–water partition coefficient (Wildman–Crippen LogP) is 5.55. The van der Waals surface area contributed by atoms with Crippen LogP contribution in [0.4, 0.5) is 11.5 Å². The Bertz CT molecular complexity index is 1960. The number of fused-ring (bicyclic) bond motifs is 3. The van der Waals surface area contributed by atoms with E-state index in [9.17, 15) is 4.79 Å². The number of aromatic nitrogens is 3. The number of pyridine rings is 1. The number of anilines is 2. The van der Waals surface area contributed by atoms with E-state index >= 15 is 4.79 Å². The monoisotopic (exact) mass is 733 g/mol. The SMILES string of the molecule is CC(C)n1cnc2cc(-c3ccc4c(c3)N(C3CC35CC(N3CCCCC3)C5)C(=O)C43CCN(C(=O)C(C)(C)N4CCNCC4)CC3)nc(NC3CC3)c21. The zero-order valence-corrected chi connectivity index (χ0v) is 32.9. The maximum Gasteiger partial charge on any atom is 0.242 e. The predicted molar refractivity (Wildman–Crippen MR) is 213 cm³/mol. The molecule has 2 amide bonds. The number of piperazine rings is 1. The summed E-state index contributed by atoms with van der Waals surface area (Å²) in [4.78, 5) is 48.8. The van der Waals surface area contributed by atoms with Crippen LogP contribution in [0.15, 0.2) is 30.6 Å². The molecule has 3 aliphatic carbocycles. The van der Waals surface area contributed by atoms with E-state index < -0.39 is 11.0 Å². The number of piperidine rings is 2. The van der Waals surface area contributed by atoms with Gasteiger partial charge in [-0.25, -0.2) is 9.97 Å². The van der Waals surface area contributed by atoms with Gasteiger partial charge in [0.15, 0.2) is 5.82 Å². The molecule has 7 aliphatic rings. The lowest BCUT2D eigenvalue weighted by atomic mass is 9.73. The molecule has 0 bridgehead atoms. The lowest BCUT2D eigenvalue weighted by molar-refractivity contribution is -0.146. The molecule has 0 radical (unpaired) electrons. The van der Waals surface area contributed by atoms with Crippen molar-refractivity contribution in [2.45, 2.75) is 127 Å². The van der Waals surface area contributed by atoms with Crippen molar-refractivity contribution < 1.29 is 9.59 Å². The molecule has 3 saturated carbocycles. The van der Waals surface area contributed by atoms with Gasteiger partial charge in [-0.1, -0.05) is 18.6 Å². The average Bonchev–Trinajstić information content (AvgIpc) is 4.08. The molecule has 288 valence electrons. The molecule has 6 heterocycles. The molecule has 11 nitrogen and oxygen atoms in total. The summed E-state index contributed by atoms with van der Waals surface area (Å²) in [6, 6.07) is 10.5. The number of imidazole rings is 1. The quantitative estimate of drug-likeness (QED) is 0.311. The van der Waals surface area contributed by atoms with Gasteiger partial charge in [0.1, 0.15) is 5.52 Å². The number of hydrogen-bond acceptors (Lipinski definition) is 8. The summed E-state index contributed by atoms with van der Waals surface area (Å²) in [5.41, 5.74) is 5.24. The molecule has 6 fully saturated rings. The van der Waals surface area contributed by atoms with Gasteiger partial charge in [0.25, 0.3) is 0 Å². The topological polar surface area (TPSA) is 102 Å². The van der Waals surface area contributed by atoms with Crippen LogP contribution < -0.4 is 15.5 Å². The molecule has 2 N–H and O–H groups in total. The summed E-state index contributed by atoms with van der Waals surface area (Å²) in [5.74, 6) is 1.36. The van der Waals surface area contributed by atoms with Crippen LogP contribution in [0.3, 0.4) is 0 Å². The Morgan fingerprint density at radius 3 is 2.41 bits per heavy atom. The van der Waals surface area contributed by atoms with Crippen molar-refractivity contribution in [3.05, 3.63) is 36.2 Å². The van der Waals surface area contributed by atoms with Crippen LogP contribution in [-0.2, 0) is 15.0 Å². The van der Waals surface area contributed by atoms with Gasteiger partial charge in [-0.05, 0) is 122 Å². The Hall–Kier alpha value is -3.54. The fraction of sp³-hybridized carbons (Fsp3) is 0.674. The molecule has 10 rings (SSSR count). The van der Waals surface area contributed by atoms with Crippen LogP contribution in [0, 0.1) is 5.41 Å². The first kappa shape index (κ1) is 34.9. The highest BCUT2D eigenvalue weighted by Gasteiger charge is 2.68. The largest absolute Gasteiger partial charge is 0.366 e. The number of rotatable bonds is 8. The number of nitrogens with zero attached hydrogens (tertiary/aromatic N) is 7. The summed E-state index contributed by atoms with van der Waals surface area (Å²) >= 11 is 0. The molecule has 4 aliphatic heterocycles. The molecular weight excluding hydrogens is 675 g/mol. The van der Waals surface area contributed by atoms with Crippen LogP contribution >= 0.6 is 0 Å². The van der Waals surface area contributed by atoms with E-state index in [1.54, 1.807) is 0 Å². The molecule has 54 heavy (non-hydrogen) atoms. The van der Waals surface area contributed by atoms with Gasteiger partial charge in [-0.15, -0.1) is 0 Å². The number of amides is 2. The number of benzene rings is 1. The number of likely N-dealkylation sites (tertiary alicyclic amines) is 2. The van der Waals surface area contributed by atoms with Crippen molar-refractivity contribution in [2.24, 2.45) is 5.41 Å². The van der Waals surface area contributed by atoms with Crippen molar-refractivity contribution in [1.29, 1.82) is 0 Å². The standard InChI is InChI=1S/C43H59N9O2/c1-28(2)51-27-45-34-23-33(47-38(37(34)51)46-30-9-10-30)29-8-11-32-35(22-29)52(36-26-42(36)24-31(25-42)48-16-6-5-7-17-48)40(54)43(32)12-18-49(19-13-43)39(53)41(3,4)50-20-14-44-15-21-50/h8,11,22-23,27-28,30-31,36,44H,5-7,9-10,12-21,24-26H2,1-4H3,(H,46,47). The Morgan fingerprint density at radius 1 is 0.963 bits per heavy atom. The molecule has 1 aromatic carbocycles. The third-order valence-corrected chi connectivity index (χ3v) is 14.7. The third kappa shape index (κ3) is 5.53. The molecule has 2 spiro atoms. The summed E-state index contributed by atoms with van der Waals surface area (Å²) in [6.45, 7) is 15.8. The van der Waals surface area contributed by atoms with E-state index in [1.807, 2.05) is 6.33 Å². The van der Waals surface area contributed by atoms with Crippen molar-refractivity contribution in [3.63, 3.8) is 0 Å². The Morgan fingerprint density at radius 2 is 1.70 bits per heavy atom. The minimum Gasteiger partial charge on any atom is -0.366 e. The summed E-state index contributed by atoms with van der Waals surface area (Å²) in [7, 11) is 0. The third-order valence-electron chi connectivity index (χ3n) is 14.7. The van der Waals surface area contributed by atoms with Gasteiger partial charge < -0.3 is 29.9 Å². The minimum absolute atomic E-state index is 0.188. The first-order valence-corrected chi connectivity index (χ1v) is 21.2. The fourth-order valence-electron chi connectivity index (χ4n) is 11.1. The molecule has 3 aromatic rings. The van der Waals surface area contributed by atoms with Crippen LogP contribution in [0.2, 0.25) is 0 Å². The lowest BCUT2D eigenvalue weighted by Crippen LogP contribution is -2.62. The van der Waals surface area contributed by atoms with Gasteiger partial charge in [0.2, 0.25) is 11.8 Å². The smallest absolute Gasteiger partial charge is 0.242 e. The van der Waals surface area contributed by atoms with Gasteiger partial charge in [-0.2, -0.15) is 0 Å². The number of hydrogen-bond donors (Lipinski definition) is 2. The lowest BCUT2D eigenvalue weighted by Gasteiger charge is -2.47. The zero-order valence-electron chi connectivity index (χ0n) is 32.9. The average molecular weight is 734 g/mol. The van der Waals surface area contributed by atoms with Crippen molar-refractivity contribution in [1.82, 2.24) is 34.6 Å². The van der Waals surface area contributed by atoms with E-state index in [0.29, 0.717) is 38.0 Å². The van der Waals surface area contributed by atoms with Crippen LogP contribution in [0.25, 0.3) is 22.3 Å². The highest BCUT2D eigenvalue weighted by atomic mass is 16.2. The second-order valence-electron chi connectivity index (χ2n) is 18.7. The van der Waals surface area contributed by atoms with Crippen molar-refractivity contribution in [2.75, 3.05) is 62.6 Å². The van der Waals surface area contributed by atoms with E-state index in [1.165, 1.54) is 58.0 Å². The zero-order chi connectivity index (χ0) is 37.0. The molecule has 1 atom stereocenters. The van der Waals surface area contributed by atoms with Gasteiger partial charge >= 0.3 is 0 Å². The first-order valence-electron chi connectivity index (χ1n) is 21.2. The number of nitrogens with one attached hydrogen (secondary N) is 2. The minimum atomic E-state index is -0.601. The molecule has 1 unspecified atom stereocenters. The summed E-state index contributed by atoms with van der Waals surface area (Å²) in [5, 5.41) is 7.14. The number of carbonyl (C=O) groups is 2. The van der Waals surface area contributed by atoms with E-state index in [2.05, 4.69) is 86.8 Å².